The summed E-state index contributed by atoms with van der Waals surface area (Å²) in [6, 6.07) is 54.8. The van der Waals surface area contributed by atoms with Gasteiger partial charge in [-0.2, -0.15) is 0 Å². The van der Waals surface area contributed by atoms with Crippen LogP contribution in [-0.4, -0.2) is 9.13 Å². The maximum Gasteiger partial charge on any atom is 0.101 e. The number of benzene rings is 7. The van der Waals surface area contributed by atoms with Crippen molar-refractivity contribution in [3.05, 3.63) is 168 Å². The monoisotopic (exact) mass is 684 g/mol. The van der Waals surface area contributed by atoms with E-state index in [1.54, 1.807) is 0 Å². The van der Waals surface area contributed by atoms with Gasteiger partial charge in [0.05, 0.1) is 27.8 Å². The van der Waals surface area contributed by atoms with Crippen LogP contribution >= 0.6 is 11.3 Å². The topological polar surface area (TPSA) is 9.86 Å². The minimum Gasteiger partial charge on any atom is -0.309 e. The molecular weight excluding hydrogens is 649 g/mol. The molecule has 0 fully saturated rings. The second-order valence-corrected chi connectivity index (χ2v) is 16.2. The fourth-order valence-electron chi connectivity index (χ4n) is 9.12. The van der Waals surface area contributed by atoms with Gasteiger partial charge in [0.2, 0.25) is 0 Å². The third-order valence-corrected chi connectivity index (χ3v) is 12.8. The molecule has 11 rings (SSSR count). The summed E-state index contributed by atoms with van der Waals surface area (Å²) < 4.78 is 4.96. The molecule has 0 amide bonds. The number of hydrogen-bond acceptors (Lipinski definition) is 1. The smallest absolute Gasteiger partial charge is 0.101 e. The molecule has 0 aliphatic heterocycles. The number of hydrogen-bond donors (Lipinski definition) is 0. The molecular formula is C49H36N2S. The summed E-state index contributed by atoms with van der Waals surface area (Å²) in [6.45, 7) is 9.12. The summed E-state index contributed by atoms with van der Waals surface area (Å²) in [5, 5.41) is 8.95. The number of aromatic nitrogens is 2. The summed E-state index contributed by atoms with van der Waals surface area (Å²) in [4.78, 5) is 1.27. The maximum atomic E-state index is 2.51. The highest BCUT2D eigenvalue weighted by Crippen LogP contribution is 2.51. The van der Waals surface area contributed by atoms with E-state index in [9.17, 15) is 0 Å². The van der Waals surface area contributed by atoms with E-state index in [0.717, 1.165) is 0 Å². The van der Waals surface area contributed by atoms with Crippen molar-refractivity contribution in [3.63, 3.8) is 0 Å². The van der Waals surface area contributed by atoms with Crippen LogP contribution in [0.4, 0.5) is 0 Å². The van der Waals surface area contributed by atoms with Gasteiger partial charge in [-0.15, -0.1) is 11.3 Å². The molecule has 10 aromatic rings. The average Bonchev–Trinajstić information content (AvgIpc) is 3.90. The summed E-state index contributed by atoms with van der Waals surface area (Å²) in [5.74, 6) is 0. The lowest BCUT2D eigenvalue weighted by Gasteiger charge is -2.21. The Morgan fingerprint density at radius 2 is 1.12 bits per heavy atom. The Kier molecular flexibility index (Phi) is 6.06. The van der Waals surface area contributed by atoms with Crippen molar-refractivity contribution < 1.29 is 0 Å². The van der Waals surface area contributed by atoms with Gasteiger partial charge in [0, 0.05) is 37.2 Å². The molecule has 7 aromatic carbocycles. The van der Waals surface area contributed by atoms with E-state index in [1.165, 1.54) is 109 Å². The third kappa shape index (κ3) is 4.06. The predicted molar refractivity (Wildman–Crippen MR) is 223 cm³/mol. The number of fused-ring (bicyclic) bond motifs is 10. The zero-order chi connectivity index (χ0) is 34.9. The van der Waals surface area contributed by atoms with E-state index < -0.39 is 0 Å². The van der Waals surface area contributed by atoms with Crippen molar-refractivity contribution in [1.82, 2.24) is 9.13 Å². The van der Waals surface area contributed by atoms with Crippen LogP contribution in [0.3, 0.4) is 0 Å². The van der Waals surface area contributed by atoms with Gasteiger partial charge in [-0.25, -0.2) is 0 Å². The lowest BCUT2D eigenvalue weighted by molar-refractivity contribution is 0.661. The number of aryl methyl sites for hydroxylation is 2. The van der Waals surface area contributed by atoms with Gasteiger partial charge in [0.1, 0.15) is 5.00 Å². The van der Waals surface area contributed by atoms with Crippen molar-refractivity contribution in [3.8, 4) is 32.3 Å². The molecule has 1 aliphatic rings. The van der Waals surface area contributed by atoms with Crippen LogP contribution in [0.25, 0.3) is 86.6 Å². The van der Waals surface area contributed by atoms with E-state index in [-0.39, 0.29) is 5.41 Å². The molecule has 0 spiro atoms. The Labute approximate surface area is 306 Å². The SMILES string of the molecule is Cc1ccc2c(c1)c1cc(C)ccc1n2-c1ccc(-c2ccc3c(c2)c2cc4c(cc2n3-c2cccc3ccccc23)C(C)(C)c2ccccc2-4)s1. The molecule has 2 nitrogen and oxygen atoms in total. The Hall–Kier alpha value is -5.90. The molecule has 0 radical (unpaired) electrons. The van der Waals surface area contributed by atoms with Gasteiger partial charge in [-0.3, -0.25) is 0 Å². The standard InChI is InChI=1S/C49H36N2S/c1-29-16-19-44-36(24-29)37-25-30(2)17-20-45(37)51(44)48-23-22-47(52-48)32-18-21-43-38(26-32)39-27-35-34-13-7-8-14-40(34)49(3,4)41(35)28-46(39)50(43)42-15-9-11-31-10-5-6-12-33(31)42/h5-28H,1-4H3. The molecule has 0 saturated heterocycles. The highest BCUT2D eigenvalue weighted by atomic mass is 32.1. The van der Waals surface area contributed by atoms with Crippen molar-refractivity contribution in [2.75, 3.05) is 0 Å². The Morgan fingerprint density at radius 3 is 1.92 bits per heavy atom. The molecule has 248 valence electrons. The third-order valence-electron chi connectivity index (χ3n) is 11.6. The van der Waals surface area contributed by atoms with Gasteiger partial charge in [-0.1, -0.05) is 104 Å². The minimum absolute atomic E-state index is 0.0805. The lowest BCUT2D eigenvalue weighted by atomic mass is 9.82. The van der Waals surface area contributed by atoms with Crippen LogP contribution in [0.2, 0.25) is 0 Å². The molecule has 0 atom stereocenters. The van der Waals surface area contributed by atoms with Crippen LogP contribution < -0.4 is 0 Å². The lowest BCUT2D eigenvalue weighted by Crippen LogP contribution is -2.14. The van der Waals surface area contributed by atoms with Crippen molar-refractivity contribution >= 4 is 65.7 Å². The first-order valence-corrected chi connectivity index (χ1v) is 19.0. The normalized spacial score (nSPS) is 13.5. The first kappa shape index (κ1) is 29.8. The van der Waals surface area contributed by atoms with Gasteiger partial charge in [0.25, 0.3) is 0 Å². The van der Waals surface area contributed by atoms with Crippen molar-refractivity contribution in [2.24, 2.45) is 0 Å². The molecule has 0 bridgehead atoms. The Balaban J connectivity index is 1.15. The molecule has 0 saturated carbocycles. The molecule has 0 unspecified atom stereocenters. The van der Waals surface area contributed by atoms with Gasteiger partial charge >= 0.3 is 0 Å². The van der Waals surface area contributed by atoms with Crippen LogP contribution in [0.5, 0.6) is 0 Å². The molecule has 3 aromatic heterocycles. The predicted octanol–water partition coefficient (Wildman–Crippen LogP) is 13.7. The molecule has 3 heteroatoms. The molecule has 3 heterocycles. The largest absolute Gasteiger partial charge is 0.309 e. The number of rotatable bonds is 3. The van der Waals surface area contributed by atoms with E-state index >= 15 is 0 Å². The number of thiophene rings is 1. The van der Waals surface area contributed by atoms with Crippen LogP contribution in [0, 0.1) is 13.8 Å². The van der Waals surface area contributed by atoms with Crippen LogP contribution in [-0.2, 0) is 5.41 Å². The molecule has 1 aliphatic carbocycles. The highest BCUT2D eigenvalue weighted by Gasteiger charge is 2.36. The van der Waals surface area contributed by atoms with E-state index in [1.807, 2.05) is 11.3 Å². The summed E-state index contributed by atoms with van der Waals surface area (Å²) in [6.07, 6.45) is 0. The van der Waals surface area contributed by atoms with Crippen LogP contribution in [0.15, 0.2) is 146 Å². The second kappa shape index (κ2) is 10.6. The van der Waals surface area contributed by atoms with Gasteiger partial charge in [-0.05, 0) is 114 Å². The fraction of sp³-hybridized carbons (Fsp3) is 0.102. The summed E-state index contributed by atoms with van der Waals surface area (Å²) in [5.41, 5.74) is 15.5. The zero-order valence-corrected chi connectivity index (χ0v) is 30.5. The maximum absolute atomic E-state index is 2.51. The Morgan fingerprint density at radius 1 is 0.462 bits per heavy atom. The minimum atomic E-state index is -0.0805. The van der Waals surface area contributed by atoms with Crippen molar-refractivity contribution in [1.29, 1.82) is 0 Å². The Bertz CT molecular complexity index is 3060. The van der Waals surface area contributed by atoms with Gasteiger partial charge in [0.15, 0.2) is 0 Å². The highest BCUT2D eigenvalue weighted by molar-refractivity contribution is 7.18. The van der Waals surface area contributed by atoms with Crippen LogP contribution in [0.1, 0.15) is 36.1 Å². The van der Waals surface area contributed by atoms with E-state index in [2.05, 4.69) is 182 Å². The quantitative estimate of drug-likeness (QED) is 0.175. The molecule has 52 heavy (non-hydrogen) atoms. The number of nitrogens with zero attached hydrogens (tertiary/aromatic N) is 2. The van der Waals surface area contributed by atoms with Gasteiger partial charge < -0.3 is 9.13 Å². The summed E-state index contributed by atoms with van der Waals surface area (Å²) >= 11 is 1.87. The first-order valence-electron chi connectivity index (χ1n) is 18.2. The van der Waals surface area contributed by atoms with Crippen molar-refractivity contribution in [2.45, 2.75) is 33.1 Å². The average molecular weight is 685 g/mol. The second-order valence-electron chi connectivity index (χ2n) is 15.2. The summed E-state index contributed by atoms with van der Waals surface area (Å²) in [7, 11) is 0. The van der Waals surface area contributed by atoms with E-state index in [0.29, 0.717) is 0 Å². The molecule has 0 N–H and O–H groups in total. The first-order chi connectivity index (χ1) is 25.3. The van der Waals surface area contributed by atoms with E-state index in [4.69, 9.17) is 0 Å². The zero-order valence-electron chi connectivity index (χ0n) is 29.7. The fourth-order valence-corrected chi connectivity index (χ4v) is 10.2.